The third-order valence-corrected chi connectivity index (χ3v) is 3.89. The molecule has 0 aromatic heterocycles. The molecule has 1 heterocycles. The summed E-state index contributed by atoms with van der Waals surface area (Å²) < 4.78 is 13.8. The monoisotopic (exact) mass is 324 g/mol. The standard InChI is InChI=1S/C16H21FN2O4/c1-9-13(20)15(22)14(21)12(19-9)8-18-16(23)11(17)7-10-5-3-2-4-6-10/h2-7,9,12-15,19-22H,8H2,1H3,(H,18,23)/b11-7-/t9-,12+,13+,14+,15+/m0/s1. The van der Waals surface area contributed by atoms with Crippen molar-refractivity contribution in [2.75, 3.05) is 6.54 Å². The van der Waals surface area contributed by atoms with Crippen LogP contribution in [0.1, 0.15) is 12.5 Å². The van der Waals surface area contributed by atoms with Crippen LogP contribution in [0, 0.1) is 0 Å². The maximum Gasteiger partial charge on any atom is 0.280 e. The van der Waals surface area contributed by atoms with Crippen LogP contribution in [0.25, 0.3) is 6.08 Å². The van der Waals surface area contributed by atoms with Gasteiger partial charge in [0.1, 0.15) is 6.10 Å². The lowest BCUT2D eigenvalue weighted by atomic mass is 9.91. The van der Waals surface area contributed by atoms with Gasteiger partial charge in [-0.25, -0.2) is 4.39 Å². The van der Waals surface area contributed by atoms with Crippen molar-refractivity contribution in [3.63, 3.8) is 0 Å². The summed E-state index contributed by atoms with van der Waals surface area (Å²) >= 11 is 0. The minimum Gasteiger partial charge on any atom is -0.389 e. The lowest BCUT2D eigenvalue weighted by Crippen LogP contribution is -2.66. The van der Waals surface area contributed by atoms with E-state index in [0.29, 0.717) is 5.56 Å². The quantitative estimate of drug-likeness (QED) is 0.483. The first-order chi connectivity index (χ1) is 10.9. The van der Waals surface area contributed by atoms with E-state index in [-0.39, 0.29) is 6.54 Å². The Morgan fingerprint density at radius 2 is 1.87 bits per heavy atom. The molecule has 0 saturated carbocycles. The average Bonchev–Trinajstić information content (AvgIpc) is 2.55. The second-order valence-electron chi connectivity index (χ2n) is 5.65. The molecule has 5 N–H and O–H groups in total. The fourth-order valence-corrected chi connectivity index (χ4v) is 2.50. The van der Waals surface area contributed by atoms with Crippen molar-refractivity contribution in [2.24, 2.45) is 0 Å². The van der Waals surface area contributed by atoms with Gasteiger partial charge in [-0.2, -0.15) is 0 Å². The zero-order valence-corrected chi connectivity index (χ0v) is 12.7. The molecule has 0 unspecified atom stereocenters. The van der Waals surface area contributed by atoms with Gasteiger partial charge in [0.25, 0.3) is 5.91 Å². The molecule has 6 nitrogen and oxygen atoms in total. The van der Waals surface area contributed by atoms with Gasteiger partial charge in [-0.1, -0.05) is 30.3 Å². The molecule has 7 heteroatoms. The highest BCUT2D eigenvalue weighted by atomic mass is 19.1. The van der Waals surface area contributed by atoms with Gasteiger partial charge in [-0.3, -0.25) is 4.79 Å². The van der Waals surface area contributed by atoms with Crippen molar-refractivity contribution in [3.05, 3.63) is 41.7 Å². The smallest absolute Gasteiger partial charge is 0.280 e. The Labute approximate surface area is 133 Å². The second kappa shape index (κ2) is 7.65. The second-order valence-corrected chi connectivity index (χ2v) is 5.65. The molecule has 5 atom stereocenters. The SMILES string of the molecule is C[C@@H]1N[C@H](CNC(=O)/C(F)=C/c2ccccc2)[C@@H](O)[C@H](O)[C@@H]1O. The minimum atomic E-state index is -1.32. The predicted molar refractivity (Wildman–Crippen MR) is 82.9 cm³/mol. The Hall–Kier alpha value is -1.80. The van der Waals surface area contributed by atoms with Gasteiger partial charge < -0.3 is 26.0 Å². The van der Waals surface area contributed by atoms with Gasteiger partial charge in [0.2, 0.25) is 0 Å². The largest absolute Gasteiger partial charge is 0.389 e. The lowest BCUT2D eigenvalue weighted by molar-refractivity contribution is -0.121. The summed E-state index contributed by atoms with van der Waals surface area (Å²) in [5, 5.41) is 34.5. The fraction of sp³-hybridized carbons (Fsp3) is 0.438. The molecular weight excluding hydrogens is 303 g/mol. The van der Waals surface area contributed by atoms with Crippen LogP contribution in [-0.2, 0) is 4.79 Å². The Morgan fingerprint density at radius 3 is 2.52 bits per heavy atom. The Balaban J connectivity index is 1.92. The van der Waals surface area contributed by atoms with Crippen molar-refractivity contribution >= 4 is 12.0 Å². The molecule has 0 radical (unpaired) electrons. The first-order valence-electron chi connectivity index (χ1n) is 7.41. The summed E-state index contributed by atoms with van der Waals surface area (Å²) in [6.45, 7) is 1.56. The summed E-state index contributed by atoms with van der Waals surface area (Å²) in [5.41, 5.74) is 0.558. The molecule has 1 aromatic rings. The molecule has 126 valence electrons. The number of hydrogen-bond acceptors (Lipinski definition) is 5. The summed E-state index contributed by atoms with van der Waals surface area (Å²) in [6, 6.07) is 7.43. The molecule has 0 bridgehead atoms. The summed E-state index contributed by atoms with van der Waals surface area (Å²) in [5.74, 6) is -1.86. The highest BCUT2D eigenvalue weighted by molar-refractivity contribution is 5.95. The molecule has 1 saturated heterocycles. The fourth-order valence-electron chi connectivity index (χ4n) is 2.50. The normalized spacial score (nSPS) is 31.7. The van der Waals surface area contributed by atoms with Crippen molar-refractivity contribution in [2.45, 2.75) is 37.3 Å². The molecular formula is C16H21FN2O4. The molecule has 1 aliphatic rings. The molecule has 23 heavy (non-hydrogen) atoms. The van der Waals surface area contributed by atoms with Crippen LogP contribution in [0.3, 0.4) is 0 Å². The van der Waals surface area contributed by atoms with Crippen molar-refractivity contribution in [3.8, 4) is 0 Å². The van der Waals surface area contributed by atoms with Gasteiger partial charge in [-0.05, 0) is 18.6 Å². The highest BCUT2D eigenvalue weighted by Crippen LogP contribution is 2.15. The van der Waals surface area contributed by atoms with Gasteiger partial charge in [0, 0.05) is 12.6 Å². The Kier molecular flexibility index (Phi) is 5.84. The molecule has 0 aliphatic carbocycles. The third kappa shape index (κ3) is 4.35. The van der Waals surface area contributed by atoms with Crippen LogP contribution in [0.2, 0.25) is 0 Å². The Bertz CT molecular complexity index is 566. The first-order valence-corrected chi connectivity index (χ1v) is 7.41. The van der Waals surface area contributed by atoms with E-state index in [1.165, 1.54) is 0 Å². The number of rotatable bonds is 4. The van der Waals surface area contributed by atoms with Gasteiger partial charge >= 0.3 is 0 Å². The van der Waals surface area contributed by atoms with E-state index in [9.17, 15) is 24.5 Å². The molecule has 0 spiro atoms. The van der Waals surface area contributed by atoms with Crippen LogP contribution in [0.4, 0.5) is 4.39 Å². The molecule has 1 fully saturated rings. The summed E-state index contributed by atoms with van der Waals surface area (Å²) in [4.78, 5) is 11.7. The number of aliphatic hydroxyl groups excluding tert-OH is 3. The number of carbonyl (C=O) groups excluding carboxylic acids is 1. The van der Waals surface area contributed by atoms with E-state index in [1.807, 2.05) is 0 Å². The maximum absolute atomic E-state index is 13.8. The van der Waals surface area contributed by atoms with Crippen molar-refractivity contribution in [1.29, 1.82) is 0 Å². The topological polar surface area (TPSA) is 102 Å². The maximum atomic E-state index is 13.8. The van der Waals surface area contributed by atoms with E-state index in [2.05, 4.69) is 10.6 Å². The molecule has 1 aliphatic heterocycles. The number of carbonyl (C=O) groups is 1. The van der Waals surface area contributed by atoms with E-state index >= 15 is 0 Å². The van der Waals surface area contributed by atoms with E-state index in [0.717, 1.165) is 6.08 Å². The number of aliphatic hydroxyl groups is 3. The predicted octanol–water partition coefficient (Wildman–Crippen LogP) is -0.444. The number of benzene rings is 1. The first kappa shape index (κ1) is 17.6. The Morgan fingerprint density at radius 1 is 1.22 bits per heavy atom. The molecule has 2 rings (SSSR count). The van der Waals surface area contributed by atoms with Crippen LogP contribution in [-0.4, -0.2) is 58.2 Å². The molecule has 1 amide bonds. The van der Waals surface area contributed by atoms with E-state index in [1.54, 1.807) is 37.3 Å². The number of piperidine rings is 1. The van der Waals surface area contributed by atoms with Crippen molar-refractivity contribution < 1.29 is 24.5 Å². The van der Waals surface area contributed by atoms with E-state index in [4.69, 9.17) is 0 Å². The van der Waals surface area contributed by atoms with Gasteiger partial charge in [0.15, 0.2) is 5.83 Å². The number of hydrogen-bond donors (Lipinski definition) is 5. The van der Waals surface area contributed by atoms with Crippen LogP contribution < -0.4 is 10.6 Å². The van der Waals surface area contributed by atoms with Crippen LogP contribution >= 0.6 is 0 Å². The third-order valence-electron chi connectivity index (χ3n) is 3.89. The number of nitrogens with one attached hydrogen (secondary N) is 2. The van der Waals surface area contributed by atoms with E-state index < -0.39 is 42.1 Å². The van der Waals surface area contributed by atoms with Gasteiger partial charge in [0.05, 0.1) is 18.2 Å². The van der Waals surface area contributed by atoms with Crippen LogP contribution in [0.5, 0.6) is 0 Å². The van der Waals surface area contributed by atoms with Crippen molar-refractivity contribution in [1.82, 2.24) is 10.6 Å². The van der Waals surface area contributed by atoms with Gasteiger partial charge in [-0.15, -0.1) is 0 Å². The summed E-state index contributed by atoms with van der Waals surface area (Å²) in [6.07, 6.45) is -2.58. The zero-order valence-electron chi connectivity index (χ0n) is 12.7. The lowest BCUT2D eigenvalue weighted by Gasteiger charge is -2.40. The number of halogens is 1. The summed E-state index contributed by atoms with van der Waals surface area (Å²) in [7, 11) is 0. The molecule has 1 aromatic carbocycles. The highest BCUT2D eigenvalue weighted by Gasteiger charge is 2.40. The minimum absolute atomic E-state index is 0.0792. The zero-order chi connectivity index (χ0) is 17.0. The average molecular weight is 324 g/mol. The number of amides is 1. The van der Waals surface area contributed by atoms with Crippen LogP contribution in [0.15, 0.2) is 36.2 Å².